The summed E-state index contributed by atoms with van der Waals surface area (Å²) in [6.45, 7) is 5.89. The first-order chi connectivity index (χ1) is 18.3. The zero-order valence-electron chi connectivity index (χ0n) is 21.8. The van der Waals surface area contributed by atoms with Gasteiger partial charge in [-0.2, -0.15) is 0 Å². The second-order valence-electron chi connectivity index (χ2n) is 9.30. The van der Waals surface area contributed by atoms with Crippen molar-refractivity contribution in [1.29, 1.82) is 0 Å². The molecule has 3 aromatic rings. The zero-order valence-corrected chi connectivity index (χ0v) is 22.6. The largest absolute Gasteiger partial charge is 0.497 e. The van der Waals surface area contributed by atoms with Gasteiger partial charge >= 0.3 is 5.97 Å². The Morgan fingerprint density at radius 2 is 1.58 bits per heavy atom. The minimum atomic E-state index is -1.04. The van der Waals surface area contributed by atoms with Crippen molar-refractivity contribution < 1.29 is 28.7 Å². The van der Waals surface area contributed by atoms with E-state index in [1.807, 2.05) is 26.0 Å². The number of methoxy groups -OCH3 is 1. The number of anilines is 1. The standard InChI is InChI=1S/C29H30N2O6S/c1-5-37-29(35)24-22(18-11-13-19(36-4)14-12-18)16-38-26(24)30-25(32)23(15-10-17(2)3)31-27(33)20-8-6-7-9-21(20)28(31)34/h6-9,11-14,16-17,23H,5,10,15H2,1-4H3,(H,30,32). The maximum absolute atomic E-state index is 13.7. The number of imide groups is 1. The molecule has 9 heteroatoms. The molecule has 2 heterocycles. The molecule has 1 aliphatic heterocycles. The van der Waals surface area contributed by atoms with E-state index < -0.39 is 29.7 Å². The lowest BCUT2D eigenvalue weighted by Gasteiger charge is -2.26. The zero-order chi connectivity index (χ0) is 27.4. The minimum absolute atomic E-state index is 0.163. The van der Waals surface area contributed by atoms with Crippen LogP contribution in [0.5, 0.6) is 5.75 Å². The fourth-order valence-electron chi connectivity index (χ4n) is 4.39. The number of carbonyl (C=O) groups is 4. The van der Waals surface area contributed by atoms with Crippen LogP contribution < -0.4 is 10.1 Å². The number of hydrogen-bond donors (Lipinski definition) is 1. The molecular weight excluding hydrogens is 504 g/mol. The van der Waals surface area contributed by atoms with Crippen LogP contribution in [0.15, 0.2) is 53.9 Å². The molecule has 198 valence electrons. The molecule has 1 aliphatic rings. The van der Waals surface area contributed by atoms with E-state index in [1.165, 1.54) is 11.3 Å². The molecule has 0 fully saturated rings. The van der Waals surface area contributed by atoms with Crippen LogP contribution in [0.1, 0.15) is 64.7 Å². The maximum Gasteiger partial charge on any atom is 0.341 e. The molecule has 0 bridgehead atoms. The summed E-state index contributed by atoms with van der Waals surface area (Å²) >= 11 is 1.18. The predicted molar refractivity (Wildman–Crippen MR) is 146 cm³/mol. The van der Waals surface area contributed by atoms with E-state index in [1.54, 1.807) is 55.8 Å². The quantitative estimate of drug-likeness (QED) is 0.267. The second kappa shape index (κ2) is 11.6. The third-order valence-electron chi connectivity index (χ3n) is 6.37. The molecule has 1 atom stereocenters. The van der Waals surface area contributed by atoms with Crippen molar-refractivity contribution >= 4 is 40.0 Å². The summed E-state index contributed by atoms with van der Waals surface area (Å²) in [4.78, 5) is 54.1. The number of thiophene rings is 1. The second-order valence-corrected chi connectivity index (χ2v) is 10.2. The minimum Gasteiger partial charge on any atom is -0.497 e. The highest BCUT2D eigenvalue weighted by molar-refractivity contribution is 7.15. The summed E-state index contributed by atoms with van der Waals surface area (Å²) in [5.41, 5.74) is 2.14. The number of amides is 3. The summed E-state index contributed by atoms with van der Waals surface area (Å²) < 4.78 is 10.5. The van der Waals surface area contributed by atoms with Crippen LogP contribution in [0.4, 0.5) is 5.00 Å². The smallest absolute Gasteiger partial charge is 0.341 e. The first-order valence-corrected chi connectivity index (χ1v) is 13.4. The van der Waals surface area contributed by atoms with E-state index in [4.69, 9.17) is 9.47 Å². The first-order valence-electron chi connectivity index (χ1n) is 12.5. The van der Waals surface area contributed by atoms with Crippen LogP contribution in [0.3, 0.4) is 0 Å². The average molecular weight is 535 g/mol. The lowest BCUT2D eigenvalue weighted by Crippen LogP contribution is -2.47. The fraction of sp³-hybridized carbons (Fsp3) is 0.310. The Bertz CT molecular complexity index is 1330. The highest BCUT2D eigenvalue weighted by Crippen LogP contribution is 2.37. The van der Waals surface area contributed by atoms with Gasteiger partial charge in [-0.3, -0.25) is 19.3 Å². The lowest BCUT2D eigenvalue weighted by molar-refractivity contribution is -0.120. The number of ether oxygens (including phenoxy) is 2. The summed E-state index contributed by atoms with van der Waals surface area (Å²) in [5.74, 6) is -1.18. The number of hydrogen-bond acceptors (Lipinski definition) is 7. The highest BCUT2D eigenvalue weighted by Gasteiger charge is 2.42. The number of rotatable bonds is 10. The van der Waals surface area contributed by atoms with Gasteiger partial charge in [-0.05, 0) is 55.5 Å². The number of esters is 1. The number of nitrogens with one attached hydrogen (secondary N) is 1. The van der Waals surface area contributed by atoms with Crippen LogP contribution in [0.25, 0.3) is 11.1 Å². The third-order valence-corrected chi connectivity index (χ3v) is 7.26. The lowest BCUT2D eigenvalue weighted by atomic mass is 10.0. The van der Waals surface area contributed by atoms with Crippen LogP contribution in [0.2, 0.25) is 0 Å². The average Bonchev–Trinajstić information content (AvgIpc) is 3.43. The molecule has 3 amide bonds. The molecule has 1 aromatic heterocycles. The molecule has 0 saturated carbocycles. The van der Waals surface area contributed by atoms with Crippen molar-refractivity contribution in [2.24, 2.45) is 5.92 Å². The first kappa shape index (κ1) is 27.1. The van der Waals surface area contributed by atoms with Crippen LogP contribution in [-0.4, -0.2) is 48.3 Å². The summed E-state index contributed by atoms with van der Waals surface area (Å²) in [7, 11) is 1.57. The summed E-state index contributed by atoms with van der Waals surface area (Å²) in [6.07, 6.45) is 0.915. The molecule has 1 N–H and O–H groups in total. The Balaban J connectivity index is 1.68. The fourth-order valence-corrected chi connectivity index (χ4v) is 5.35. The van der Waals surface area contributed by atoms with Crippen LogP contribution >= 0.6 is 11.3 Å². The van der Waals surface area contributed by atoms with Gasteiger partial charge < -0.3 is 14.8 Å². The Hall–Kier alpha value is -3.98. The van der Waals surface area contributed by atoms with Crippen LogP contribution in [-0.2, 0) is 9.53 Å². The Labute approximate surface area is 225 Å². The van der Waals surface area contributed by atoms with E-state index >= 15 is 0 Å². The van der Waals surface area contributed by atoms with E-state index in [-0.39, 0.29) is 29.2 Å². The van der Waals surface area contributed by atoms with Gasteiger partial charge in [0.25, 0.3) is 11.8 Å². The van der Waals surface area contributed by atoms with Gasteiger partial charge in [0, 0.05) is 10.9 Å². The van der Waals surface area contributed by atoms with Crippen LogP contribution in [0, 0.1) is 5.92 Å². The van der Waals surface area contributed by atoms with Gasteiger partial charge in [0.15, 0.2) is 0 Å². The van der Waals surface area contributed by atoms with Crippen molar-refractivity contribution in [2.75, 3.05) is 19.0 Å². The SMILES string of the molecule is CCOC(=O)c1c(-c2ccc(OC)cc2)csc1NC(=O)C(CCC(C)C)N1C(=O)c2ccccc2C1=O. The Morgan fingerprint density at radius 1 is 0.947 bits per heavy atom. The Morgan fingerprint density at radius 3 is 2.13 bits per heavy atom. The molecule has 38 heavy (non-hydrogen) atoms. The summed E-state index contributed by atoms with van der Waals surface area (Å²) in [6, 6.07) is 12.7. The molecule has 0 aliphatic carbocycles. The number of benzene rings is 2. The molecule has 8 nitrogen and oxygen atoms in total. The van der Waals surface area contributed by atoms with Gasteiger partial charge in [0.05, 0.1) is 24.8 Å². The van der Waals surface area contributed by atoms with Gasteiger partial charge in [-0.25, -0.2) is 4.79 Å². The molecule has 0 saturated heterocycles. The monoisotopic (exact) mass is 534 g/mol. The van der Waals surface area contributed by atoms with Gasteiger partial charge in [0.1, 0.15) is 22.4 Å². The Kier molecular flexibility index (Phi) is 8.26. The van der Waals surface area contributed by atoms with E-state index in [9.17, 15) is 19.2 Å². The normalized spacial score (nSPS) is 13.4. The molecule has 0 spiro atoms. The molecule has 4 rings (SSSR count). The van der Waals surface area contributed by atoms with E-state index in [0.29, 0.717) is 29.2 Å². The van der Waals surface area contributed by atoms with Crippen molar-refractivity contribution in [3.8, 4) is 16.9 Å². The van der Waals surface area contributed by atoms with Gasteiger partial charge in [-0.1, -0.05) is 38.1 Å². The highest BCUT2D eigenvalue weighted by atomic mass is 32.1. The van der Waals surface area contributed by atoms with Gasteiger partial charge in [-0.15, -0.1) is 11.3 Å². The molecular formula is C29H30N2O6S. The maximum atomic E-state index is 13.7. The number of nitrogens with zero attached hydrogens (tertiary/aromatic N) is 1. The molecule has 0 radical (unpaired) electrons. The molecule has 1 unspecified atom stereocenters. The summed E-state index contributed by atoms with van der Waals surface area (Å²) in [5, 5.41) is 4.91. The number of carbonyl (C=O) groups excluding carboxylic acids is 4. The number of fused-ring (bicyclic) bond motifs is 1. The van der Waals surface area contributed by atoms with Crippen molar-refractivity contribution in [2.45, 2.75) is 39.7 Å². The third kappa shape index (κ3) is 5.33. The van der Waals surface area contributed by atoms with E-state index in [2.05, 4.69) is 5.32 Å². The van der Waals surface area contributed by atoms with E-state index in [0.717, 1.165) is 10.5 Å². The van der Waals surface area contributed by atoms with Crippen molar-refractivity contribution in [3.63, 3.8) is 0 Å². The topological polar surface area (TPSA) is 102 Å². The van der Waals surface area contributed by atoms with Crippen molar-refractivity contribution in [3.05, 3.63) is 70.6 Å². The van der Waals surface area contributed by atoms with Crippen molar-refractivity contribution in [1.82, 2.24) is 4.90 Å². The predicted octanol–water partition coefficient (Wildman–Crippen LogP) is 5.64. The molecule has 2 aromatic carbocycles. The van der Waals surface area contributed by atoms with Gasteiger partial charge in [0.2, 0.25) is 5.91 Å².